The normalized spacial score (nSPS) is 30.4. The number of aromatic nitrogens is 1. The van der Waals surface area contributed by atoms with Gasteiger partial charge < -0.3 is 0 Å². The molecule has 5 nitrogen and oxygen atoms in total. The van der Waals surface area contributed by atoms with Crippen LogP contribution in [0.15, 0.2) is 16.8 Å². The lowest BCUT2D eigenvalue weighted by molar-refractivity contribution is -0.130. The second-order valence-corrected chi connectivity index (χ2v) is 10.8. The van der Waals surface area contributed by atoms with Crippen LogP contribution < -0.4 is 10.9 Å². The van der Waals surface area contributed by atoms with Crippen LogP contribution in [0.2, 0.25) is 0 Å². The lowest BCUT2D eigenvalue weighted by Crippen LogP contribution is -2.50. The Bertz CT molecular complexity index is 868. The molecule has 2 aromatic heterocycles. The van der Waals surface area contributed by atoms with E-state index in [1.165, 1.54) is 49.9 Å². The van der Waals surface area contributed by atoms with Gasteiger partial charge in [-0.2, -0.15) is 11.3 Å². The molecule has 7 heteroatoms. The smallest absolute Gasteiger partial charge is 0.273 e. The summed E-state index contributed by atoms with van der Waals surface area (Å²) < 4.78 is 0. The van der Waals surface area contributed by atoms with Crippen molar-refractivity contribution in [2.45, 2.75) is 51.9 Å². The van der Waals surface area contributed by atoms with Crippen LogP contribution in [-0.2, 0) is 4.79 Å². The average Bonchev–Trinajstić information content (AvgIpc) is 3.27. The van der Waals surface area contributed by atoms with Crippen LogP contribution in [0.5, 0.6) is 0 Å². The largest absolute Gasteiger partial charge is 0.281 e. The standard InChI is InChI=1S/C21H25N3O2S2/c1-12-18(28-20(22-12)16-2-3-27-11-16)19(26)24-23-17(25)10-21-7-13-4-14(8-21)6-15(5-13)9-21/h2-3,11,13-15H,4-10H2,1H3,(H,23,25)(H,24,26). The zero-order valence-electron chi connectivity index (χ0n) is 16.0. The molecular weight excluding hydrogens is 390 g/mol. The highest BCUT2D eigenvalue weighted by Crippen LogP contribution is 2.61. The number of carbonyl (C=O) groups excluding carboxylic acids is 2. The van der Waals surface area contributed by atoms with Gasteiger partial charge in [0.2, 0.25) is 5.91 Å². The van der Waals surface area contributed by atoms with Crippen molar-refractivity contribution in [1.82, 2.24) is 15.8 Å². The molecule has 4 bridgehead atoms. The van der Waals surface area contributed by atoms with E-state index in [0.717, 1.165) is 28.3 Å². The number of amides is 2. The van der Waals surface area contributed by atoms with E-state index >= 15 is 0 Å². The molecule has 4 aliphatic rings. The first kappa shape index (κ1) is 18.3. The van der Waals surface area contributed by atoms with Crippen molar-refractivity contribution < 1.29 is 9.59 Å². The zero-order chi connectivity index (χ0) is 19.3. The lowest BCUT2D eigenvalue weighted by Gasteiger charge is -2.56. The third-order valence-corrected chi connectivity index (χ3v) is 8.68. The quantitative estimate of drug-likeness (QED) is 0.720. The predicted octanol–water partition coefficient (Wildman–Crippen LogP) is 4.55. The van der Waals surface area contributed by atoms with Crippen molar-refractivity contribution in [2.75, 3.05) is 0 Å². The summed E-state index contributed by atoms with van der Waals surface area (Å²) in [5.74, 6) is 2.13. The van der Waals surface area contributed by atoms with Gasteiger partial charge in [0, 0.05) is 17.4 Å². The summed E-state index contributed by atoms with van der Waals surface area (Å²) in [7, 11) is 0. The van der Waals surface area contributed by atoms with Crippen molar-refractivity contribution in [2.24, 2.45) is 23.2 Å². The zero-order valence-corrected chi connectivity index (χ0v) is 17.6. The Labute approximate surface area is 172 Å². The minimum Gasteiger partial charge on any atom is -0.273 e. The van der Waals surface area contributed by atoms with E-state index < -0.39 is 0 Å². The minimum absolute atomic E-state index is 0.0597. The second-order valence-electron chi connectivity index (χ2n) is 9.04. The van der Waals surface area contributed by atoms with Crippen LogP contribution in [0, 0.1) is 30.1 Å². The van der Waals surface area contributed by atoms with Crippen molar-refractivity contribution in [3.8, 4) is 10.6 Å². The highest BCUT2D eigenvalue weighted by molar-refractivity contribution is 7.17. The number of hydrogen-bond acceptors (Lipinski definition) is 5. The first-order valence-electron chi connectivity index (χ1n) is 10.1. The molecule has 4 aliphatic carbocycles. The van der Waals surface area contributed by atoms with E-state index in [9.17, 15) is 9.59 Å². The molecule has 148 valence electrons. The van der Waals surface area contributed by atoms with Gasteiger partial charge in [-0.25, -0.2) is 4.98 Å². The number of aryl methyl sites for hydroxylation is 1. The lowest BCUT2D eigenvalue weighted by atomic mass is 9.49. The predicted molar refractivity (Wildman–Crippen MR) is 111 cm³/mol. The molecule has 6 rings (SSSR count). The van der Waals surface area contributed by atoms with Gasteiger partial charge in [0.1, 0.15) is 9.88 Å². The van der Waals surface area contributed by atoms with Crippen molar-refractivity contribution >= 4 is 34.5 Å². The number of rotatable bonds is 4. The molecule has 2 aromatic rings. The van der Waals surface area contributed by atoms with E-state index in [0.29, 0.717) is 17.0 Å². The molecule has 2 N–H and O–H groups in total. The summed E-state index contributed by atoms with van der Waals surface area (Å²) in [5.41, 5.74) is 7.19. The monoisotopic (exact) mass is 415 g/mol. The summed E-state index contributed by atoms with van der Waals surface area (Å²) in [5, 5.41) is 4.85. The van der Waals surface area contributed by atoms with E-state index in [1.54, 1.807) is 11.3 Å². The van der Waals surface area contributed by atoms with Gasteiger partial charge in [0.25, 0.3) is 5.91 Å². The molecule has 2 amide bonds. The number of thiophene rings is 1. The maximum absolute atomic E-state index is 12.6. The third-order valence-electron chi connectivity index (χ3n) is 6.79. The minimum atomic E-state index is -0.282. The van der Waals surface area contributed by atoms with Gasteiger partial charge in [-0.05, 0) is 80.1 Å². The van der Waals surface area contributed by atoms with Gasteiger partial charge >= 0.3 is 0 Å². The third kappa shape index (κ3) is 3.39. The molecule has 0 radical (unpaired) electrons. The fourth-order valence-corrected chi connectivity index (χ4v) is 7.86. The van der Waals surface area contributed by atoms with Crippen LogP contribution >= 0.6 is 22.7 Å². The SMILES string of the molecule is Cc1nc(-c2ccsc2)sc1C(=O)NNC(=O)CC12CC3CC(CC(C3)C1)C2. The van der Waals surface area contributed by atoms with Crippen LogP contribution in [-0.4, -0.2) is 16.8 Å². The van der Waals surface area contributed by atoms with E-state index in [1.807, 2.05) is 23.8 Å². The molecule has 0 spiro atoms. The van der Waals surface area contributed by atoms with E-state index in [-0.39, 0.29) is 17.2 Å². The molecule has 0 saturated heterocycles. The number of thiazole rings is 1. The van der Waals surface area contributed by atoms with Gasteiger partial charge in [0.05, 0.1) is 5.69 Å². The highest BCUT2D eigenvalue weighted by Gasteiger charge is 2.51. The molecule has 28 heavy (non-hydrogen) atoms. The molecular formula is C21H25N3O2S2. The summed E-state index contributed by atoms with van der Waals surface area (Å²) in [6.45, 7) is 1.83. The summed E-state index contributed by atoms with van der Waals surface area (Å²) in [6.07, 6.45) is 8.23. The van der Waals surface area contributed by atoms with Crippen LogP contribution in [0.3, 0.4) is 0 Å². The van der Waals surface area contributed by atoms with E-state index in [4.69, 9.17) is 0 Å². The number of nitrogens with one attached hydrogen (secondary N) is 2. The van der Waals surface area contributed by atoms with Crippen LogP contribution in [0.25, 0.3) is 10.6 Å². The summed E-state index contributed by atoms with van der Waals surface area (Å²) >= 11 is 2.97. The Kier molecular flexibility index (Phi) is 4.55. The molecule has 4 saturated carbocycles. The number of nitrogens with zero attached hydrogens (tertiary/aromatic N) is 1. The van der Waals surface area contributed by atoms with Gasteiger partial charge in [0.15, 0.2) is 0 Å². The Balaban J connectivity index is 1.20. The number of hydrogen-bond donors (Lipinski definition) is 2. The van der Waals surface area contributed by atoms with Crippen LogP contribution in [0.4, 0.5) is 0 Å². The Hall–Kier alpha value is -1.73. The molecule has 0 unspecified atom stereocenters. The van der Waals surface area contributed by atoms with Gasteiger partial charge in [-0.15, -0.1) is 11.3 Å². The maximum Gasteiger partial charge on any atom is 0.281 e. The second kappa shape index (κ2) is 6.95. The van der Waals surface area contributed by atoms with Gasteiger partial charge in [-0.3, -0.25) is 20.4 Å². The Morgan fingerprint density at radius 3 is 2.43 bits per heavy atom. The summed E-state index contributed by atoms with van der Waals surface area (Å²) in [4.78, 5) is 30.2. The summed E-state index contributed by atoms with van der Waals surface area (Å²) in [6, 6.07) is 2.00. The Morgan fingerprint density at radius 1 is 1.14 bits per heavy atom. The first-order valence-corrected chi connectivity index (χ1v) is 11.8. The number of carbonyl (C=O) groups is 2. The Morgan fingerprint density at radius 2 is 1.82 bits per heavy atom. The average molecular weight is 416 g/mol. The van der Waals surface area contributed by atoms with Crippen LogP contribution in [0.1, 0.15) is 60.3 Å². The molecule has 2 heterocycles. The van der Waals surface area contributed by atoms with Crippen molar-refractivity contribution in [1.29, 1.82) is 0 Å². The molecule has 0 atom stereocenters. The first-order chi connectivity index (χ1) is 13.5. The fraction of sp³-hybridized carbons (Fsp3) is 0.571. The molecule has 0 aliphatic heterocycles. The molecule has 4 fully saturated rings. The van der Waals surface area contributed by atoms with Gasteiger partial charge in [-0.1, -0.05) is 0 Å². The maximum atomic E-state index is 12.6. The topological polar surface area (TPSA) is 71.1 Å². The molecule has 0 aromatic carbocycles. The van der Waals surface area contributed by atoms with Crippen molar-refractivity contribution in [3.05, 3.63) is 27.4 Å². The van der Waals surface area contributed by atoms with Crippen molar-refractivity contribution in [3.63, 3.8) is 0 Å². The van der Waals surface area contributed by atoms with E-state index in [2.05, 4.69) is 15.8 Å². The fourth-order valence-electron chi connectivity index (χ4n) is 6.19. The number of hydrazine groups is 1. The highest BCUT2D eigenvalue weighted by atomic mass is 32.1.